The maximum Gasteiger partial charge on any atom is 0.387 e. The molecule has 1 unspecified atom stereocenters. The van der Waals surface area contributed by atoms with E-state index in [1.165, 1.54) is 18.2 Å². The molecule has 0 aliphatic carbocycles. The first-order chi connectivity index (χ1) is 9.79. The Morgan fingerprint density at radius 1 is 1.33 bits per heavy atom. The monoisotopic (exact) mass is 301 g/mol. The molecule has 0 aliphatic heterocycles. The van der Waals surface area contributed by atoms with Gasteiger partial charge < -0.3 is 15.2 Å². The fourth-order valence-electron chi connectivity index (χ4n) is 1.75. The van der Waals surface area contributed by atoms with E-state index in [1.807, 2.05) is 13.8 Å². The number of carboxylic acid groups (broad SMARTS) is 1. The number of hydrogen-bond acceptors (Lipinski definition) is 3. The lowest BCUT2D eigenvalue weighted by molar-refractivity contribution is -0.139. The summed E-state index contributed by atoms with van der Waals surface area (Å²) >= 11 is 0. The first kappa shape index (κ1) is 16.9. The Balaban J connectivity index is 2.80. The molecule has 0 bridgehead atoms. The third kappa shape index (κ3) is 5.76. The number of ether oxygens (including phenoxy) is 1. The highest BCUT2D eigenvalue weighted by Gasteiger charge is 2.22. The van der Waals surface area contributed by atoms with E-state index < -0.39 is 24.5 Å². The molecule has 0 spiro atoms. The van der Waals surface area contributed by atoms with Gasteiger partial charge in [-0.25, -0.2) is 4.79 Å². The molecule has 1 aromatic rings. The first-order valence-electron chi connectivity index (χ1n) is 6.38. The van der Waals surface area contributed by atoms with Crippen LogP contribution in [0.25, 0.3) is 0 Å². The zero-order valence-corrected chi connectivity index (χ0v) is 11.7. The number of amides is 1. The molecule has 7 heteroatoms. The number of carbonyl (C=O) groups is 2. The quantitative estimate of drug-likeness (QED) is 0.811. The van der Waals surface area contributed by atoms with Crippen molar-refractivity contribution in [3.63, 3.8) is 0 Å². The summed E-state index contributed by atoms with van der Waals surface area (Å²) in [5.41, 5.74) is 0.0585. The number of halogens is 2. The van der Waals surface area contributed by atoms with Crippen LogP contribution < -0.4 is 10.1 Å². The van der Waals surface area contributed by atoms with Gasteiger partial charge in [-0.2, -0.15) is 8.78 Å². The molecular weight excluding hydrogens is 284 g/mol. The van der Waals surface area contributed by atoms with Crippen LogP contribution >= 0.6 is 0 Å². The molecule has 0 aromatic heterocycles. The van der Waals surface area contributed by atoms with Crippen molar-refractivity contribution in [2.75, 3.05) is 0 Å². The zero-order valence-electron chi connectivity index (χ0n) is 11.7. The number of carbonyl (C=O) groups excluding carboxylic acids is 1. The van der Waals surface area contributed by atoms with Gasteiger partial charge >= 0.3 is 12.6 Å². The normalized spacial score (nSPS) is 12.3. The van der Waals surface area contributed by atoms with Crippen LogP contribution in [0, 0.1) is 5.92 Å². The lowest BCUT2D eigenvalue weighted by Crippen LogP contribution is -2.41. The third-order valence-electron chi connectivity index (χ3n) is 2.63. The smallest absolute Gasteiger partial charge is 0.387 e. The van der Waals surface area contributed by atoms with Gasteiger partial charge in [-0.1, -0.05) is 19.9 Å². The summed E-state index contributed by atoms with van der Waals surface area (Å²) in [4.78, 5) is 23.0. The molecule has 5 nitrogen and oxygen atoms in total. The standard InChI is InChI=1S/C14H17F2NO4/c1-8(2)6-11(13(19)20)17-12(18)9-4-3-5-10(7-9)21-14(15)16/h3-5,7-8,11,14H,6H2,1-2H3,(H,17,18)(H,19,20). The molecule has 1 rings (SSSR count). The predicted octanol–water partition coefficient (Wildman–Crippen LogP) is 2.52. The van der Waals surface area contributed by atoms with E-state index in [1.54, 1.807) is 0 Å². The fraction of sp³-hybridized carbons (Fsp3) is 0.429. The number of aliphatic carboxylic acids is 1. The van der Waals surface area contributed by atoms with Gasteiger partial charge in [-0.3, -0.25) is 4.79 Å². The maximum atomic E-state index is 12.1. The minimum Gasteiger partial charge on any atom is -0.480 e. The molecule has 1 atom stereocenters. The predicted molar refractivity (Wildman–Crippen MR) is 71.4 cm³/mol. The van der Waals surface area contributed by atoms with Gasteiger partial charge in [0.25, 0.3) is 5.91 Å². The molecule has 1 aromatic carbocycles. The van der Waals surface area contributed by atoms with Gasteiger partial charge in [0.2, 0.25) is 0 Å². The van der Waals surface area contributed by atoms with E-state index in [-0.39, 0.29) is 23.7 Å². The van der Waals surface area contributed by atoms with E-state index in [9.17, 15) is 18.4 Å². The Labute approximate surface area is 120 Å². The van der Waals surface area contributed by atoms with Crippen molar-refractivity contribution in [3.8, 4) is 5.75 Å². The summed E-state index contributed by atoms with van der Waals surface area (Å²) in [7, 11) is 0. The van der Waals surface area contributed by atoms with E-state index >= 15 is 0 Å². The van der Waals surface area contributed by atoms with Crippen LogP contribution in [0.3, 0.4) is 0 Å². The van der Waals surface area contributed by atoms with E-state index in [0.717, 1.165) is 6.07 Å². The van der Waals surface area contributed by atoms with Crippen LogP contribution in [0.1, 0.15) is 30.6 Å². The topological polar surface area (TPSA) is 75.6 Å². The summed E-state index contributed by atoms with van der Waals surface area (Å²) in [6.45, 7) is 0.675. The summed E-state index contributed by atoms with van der Waals surface area (Å²) in [6, 6.07) is 4.16. The summed E-state index contributed by atoms with van der Waals surface area (Å²) in [5.74, 6) is -1.87. The minimum absolute atomic E-state index is 0.0585. The summed E-state index contributed by atoms with van der Waals surface area (Å²) < 4.78 is 28.4. The van der Waals surface area contributed by atoms with Crippen LogP contribution in [-0.2, 0) is 4.79 Å². The molecule has 116 valence electrons. The molecular formula is C14H17F2NO4. The van der Waals surface area contributed by atoms with Gasteiger partial charge in [-0.15, -0.1) is 0 Å². The van der Waals surface area contributed by atoms with Gasteiger partial charge in [0, 0.05) is 5.56 Å². The van der Waals surface area contributed by atoms with Crippen molar-refractivity contribution in [1.29, 1.82) is 0 Å². The molecule has 0 fully saturated rings. The average molecular weight is 301 g/mol. The second-order valence-electron chi connectivity index (χ2n) is 4.90. The Morgan fingerprint density at radius 2 is 2.00 bits per heavy atom. The van der Waals surface area contributed by atoms with Crippen LogP contribution in [-0.4, -0.2) is 29.6 Å². The lowest BCUT2D eigenvalue weighted by atomic mass is 10.0. The number of carboxylic acids is 1. The highest BCUT2D eigenvalue weighted by atomic mass is 19.3. The zero-order chi connectivity index (χ0) is 16.0. The number of alkyl halides is 2. The Bertz CT molecular complexity index is 506. The van der Waals surface area contributed by atoms with Gasteiger partial charge in [-0.05, 0) is 30.5 Å². The summed E-state index contributed by atoms with van der Waals surface area (Å²) in [6.07, 6.45) is 0.272. The highest BCUT2D eigenvalue weighted by molar-refractivity contribution is 5.96. The third-order valence-corrected chi connectivity index (χ3v) is 2.63. The summed E-state index contributed by atoms with van der Waals surface area (Å²) in [5, 5.41) is 11.4. The molecule has 0 heterocycles. The van der Waals surface area contributed by atoms with Crippen molar-refractivity contribution in [2.45, 2.75) is 32.9 Å². The average Bonchev–Trinajstić information content (AvgIpc) is 2.36. The Morgan fingerprint density at radius 3 is 2.52 bits per heavy atom. The number of hydrogen-bond donors (Lipinski definition) is 2. The molecule has 0 saturated carbocycles. The minimum atomic E-state index is -2.99. The van der Waals surface area contributed by atoms with Crippen molar-refractivity contribution < 1.29 is 28.2 Å². The van der Waals surface area contributed by atoms with Crippen LogP contribution in [0.2, 0.25) is 0 Å². The van der Waals surface area contributed by atoms with Gasteiger partial charge in [0.15, 0.2) is 0 Å². The van der Waals surface area contributed by atoms with Gasteiger partial charge in [0.05, 0.1) is 0 Å². The van der Waals surface area contributed by atoms with Crippen molar-refractivity contribution in [3.05, 3.63) is 29.8 Å². The van der Waals surface area contributed by atoms with Crippen LogP contribution in [0.5, 0.6) is 5.75 Å². The van der Waals surface area contributed by atoms with Crippen molar-refractivity contribution in [1.82, 2.24) is 5.32 Å². The van der Waals surface area contributed by atoms with Crippen LogP contribution in [0.4, 0.5) is 8.78 Å². The molecule has 0 saturated heterocycles. The highest BCUT2D eigenvalue weighted by Crippen LogP contribution is 2.16. The van der Waals surface area contributed by atoms with E-state index in [4.69, 9.17) is 5.11 Å². The Kier molecular flexibility index (Phi) is 6.08. The number of benzene rings is 1. The molecule has 21 heavy (non-hydrogen) atoms. The fourth-order valence-corrected chi connectivity index (χ4v) is 1.75. The van der Waals surface area contributed by atoms with E-state index in [0.29, 0.717) is 0 Å². The molecule has 1 amide bonds. The molecule has 2 N–H and O–H groups in total. The SMILES string of the molecule is CC(C)CC(NC(=O)c1cccc(OC(F)F)c1)C(=O)O. The largest absolute Gasteiger partial charge is 0.480 e. The van der Waals surface area contributed by atoms with Gasteiger partial charge in [0.1, 0.15) is 11.8 Å². The maximum absolute atomic E-state index is 12.1. The Hall–Kier alpha value is -2.18. The first-order valence-corrected chi connectivity index (χ1v) is 6.38. The second-order valence-corrected chi connectivity index (χ2v) is 4.90. The number of nitrogens with one attached hydrogen (secondary N) is 1. The van der Waals surface area contributed by atoms with Crippen LogP contribution in [0.15, 0.2) is 24.3 Å². The van der Waals surface area contributed by atoms with E-state index in [2.05, 4.69) is 10.1 Å². The number of rotatable bonds is 7. The molecule has 0 aliphatic rings. The second kappa shape index (κ2) is 7.56. The van der Waals surface area contributed by atoms with Crippen molar-refractivity contribution >= 4 is 11.9 Å². The molecule has 0 radical (unpaired) electrons. The van der Waals surface area contributed by atoms with Crippen molar-refractivity contribution in [2.24, 2.45) is 5.92 Å². The lowest BCUT2D eigenvalue weighted by Gasteiger charge is -2.16.